The molecule has 0 aliphatic heterocycles. The Morgan fingerprint density at radius 2 is 2.27 bits per heavy atom. The van der Waals surface area contributed by atoms with Gasteiger partial charge in [0.1, 0.15) is 0 Å². The first-order chi connectivity index (χ1) is 7.33. The van der Waals surface area contributed by atoms with Crippen LogP contribution in [0.2, 0.25) is 0 Å². The van der Waals surface area contributed by atoms with Gasteiger partial charge < -0.3 is 5.32 Å². The van der Waals surface area contributed by atoms with Crippen LogP contribution in [0.1, 0.15) is 44.6 Å². The van der Waals surface area contributed by atoms with Crippen LogP contribution in [0, 0.1) is 0 Å². The third kappa shape index (κ3) is 2.40. The highest BCUT2D eigenvalue weighted by Gasteiger charge is 2.30. The first kappa shape index (κ1) is 10.7. The van der Waals surface area contributed by atoms with Crippen molar-refractivity contribution >= 4 is 0 Å². The fourth-order valence-electron chi connectivity index (χ4n) is 2.17. The van der Waals surface area contributed by atoms with Gasteiger partial charge in [-0.15, -0.1) is 0 Å². The van der Waals surface area contributed by atoms with Gasteiger partial charge in [-0.25, -0.2) is 0 Å². The maximum Gasteiger partial charge on any atom is 0.0524 e. The SMILES string of the molecule is CCCNC1CC(c2cnn(CC)c2)C1. The molecule has 0 bridgehead atoms. The Balaban J connectivity index is 1.78. The van der Waals surface area contributed by atoms with E-state index in [1.54, 1.807) is 0 Å². The molecule has 1 N–H and O–H groups in total. The summed E-state index contributed by atoms with van der Waals surface area (Å²) >= 11 is 0. The van der Waals surface area contributed by atoms with Gasteiger partial charge >= 0.3 is 0 Å². The molecule has 1 heterocycles. The first-order valence-corrected chi connectivity index (χ1v) is 6.09. The Labute approximate surface area is 91.9 Å². The van der Waals surface area contributed by atoms with Crippen molar-refractivity contribution in [3.63, 3.8) is 0 Å². The summed E-state index contributed by atoms with van der Waals surface area (Å²) in [5, 5.41) is 7.88. The van der Waals surface area contributed by atoms with Crippen LogP contribution in [0.25, 0.3) is 0 Å². The van der Waals surface area contributed by atoms with Crippen LogP contribution in [0.3, 0.4) is 0 Å². The predicted octanol–water partition coefficient (Wildman–Crippen LogP) is 2.15. The molecule has 0 atom stereocenters. The van der Waals surface area contributed by atoms with Crippen LogP contribution in [0.15, 0.2) is 12.4 Å². The third-order valence-electron chi connectivity index (χ3n) is 3.27. The molecule has 15 heavy (non-hydrogen) atoms. The van der Waals surface area contributed by atoms with E-state index in [1.807, 2.05) is 10.9 Å². The summed E-state index contributed by atoms with van der Waals surface area (Å²) in [4.78, 5) is 0. The van der Waals surface area contributed by atoms with E-state index in [0.717, 1.165) is 25.0 Å². The van der Waals surface area contributed by atoms with E-state index in [1.165, 1.54) is 24.8 Å². The van der Waals surface area contributed by atoms with Crippen molar-refractivity contribution in [2.75, 3.05) is 6.54 Å². The second kappa shape index (κ2) is 4.79. The normalized spacial score (nSPS) is 25.2. The Hall–Kier alpha value is -0.830. The Morgan fingerprint density at radius 3 is 2.87 bits per heavy atom. The molecule has 1 aromatic rings. The second-order valence-corrected chi connectivity index (χ2v) is 4.45. The molecule has 3 heteroatoms. The summed E-state index contributed by atoms with van der Waals surface area (Å²) in [6.07, 6.45) is 8.03. The van der Waals surface area contributed by atoms with Gasteiger partial charge in [0.05, 0.1) is 6.20 Å². The lowest BCUT2D eigenvalue weighted by Gasteiger charge is -2.35. The number of nitrogens with zero attached hydrogens (tertiary/aromatic N) is 2. The molecular weight excluding hydrogens is 186 g/mol. The Morgan fingerprint density at radius 1 is 1.47 bits per heavy atom. The first-order valence-electron chi connectivity index (χ1n) is 6.09. The molecule has 0 radical (unpaired) electrons. The maximum absolute atomic E-state index is 4.32. The highest BCUT2D eigenvalue weighted by Crippen LogP contribution is 2.36. The number of hydrogen-bond donors (Lipinski definition) is 1. The molecule has 0 unspecified atom stereocenters. The van der Waals surface area contributed by atoms with E-state index >= 15 is 0 Å². The molecular formula is C12H21N3. The molecule has 1 aliphatic carbocycles. The molecule has 2 rings (SSSR count). The van der Waals surface area contributed by atoms with Crippen LogP contribution in [-0.4, -0.2) is 22.4 Å². The highest BCUT2D eigenvalue weighted by molar-refractivity contribution is 5.16. The molecule has 1 aromatic heterocycles. The number of aryl methyl sites for hydroxylation is 1. The number of rotatable bonds is 5. The quantitative estimate of drug-likeness (QED) is 0.801. The van der Waals surface area contributed by atoms with E-state index in [0.29, 0.717) is 0 Å². The summed E-state index contributed by atoms with van der Waals surface area (Å²) in [5.74, 6) is 0.750. The standard InChI is InChI=1S/C12H21N3/c1-3-5-13-12-6-10(7-12)11-8-14-15(4-2)9-11/h8-10,12-13H,3-7H2,1-2H3. The maximum atomic E-state index is 4.32. The van der Waals surface area contributed by atoms with Crippen molar-refractivity contribution < 1.29 is 0 Å². The molecule has 0 spiro atoms. The minimum absolute atomic E-state index is 0.750. The largest absolute Gasteiger partial charge is 0.314 e. The van der Waals surface area contributed by atoms with Crippen LogP contribution >= 0.6 is 0 Å². The third-order valence-corrected chi connectivity index (χ3v) is 3.27. The minimum atomic E-state index is 0.750. The zero-order valence-corrected chi connectivity index (χ0v) is 9.74. The lowest BCUT2D eigenvalue weighted by molar-refractivity contribution is 0.292. The molecule has 0 aromatic carbocycles. The van der Waals surface area contributed by atoms with Crippen molar-refractivity contribution in [2.24, 2.45) is 0 Å². The average molecular weight is 207 g/mol. The molecule has 3 nitrogen and oxygen atoms in total. The van der Waals surface area contributed by atoms with Gasteiger partial charge in [-0.05, 0) is 44.2 Å². The molecule has 0 saturated heterocycles. The molecule has 1 saturated carbocycles. The number of hydrogen-bond acceptors (Lipinski definition) is 2. The fraction of sp³-hybridized carbons (Fsp3) is 0.750. The highest BCUT2D eigenvalue weighted by atomic mass is 15.3. The number of nitrogens with one attached hydrogen (secondary N) is 1. The number of aromatic nitrogens is 2. The van der Waals surface area contributed by atoms with Crippen LogP contribution < -0.4 is 5.32 Å². The van der Waals surface area contributed by atoms with Crippen molar-refractivity contribution in [1.29, 1.82) is 0 Å². The van der Waals surface area contributed by atoms with Crippen LogP contribution in [-0.2, 0) is 6.54 Å². The topological polar surface area (TPSA) is 29.9 Å². The van der Waals surface area contributed by atoms with Crippen LogP contribution in [0.4, 0.5) is 0 Å². The van der Waals surface area contributed by atoms with E-state index < -0.39 is 0 Å². The Kier molecular flexibility index (Phi) is 3.41. The summed E-state index contributed by atoms with van der Waals surface area (Å²) in [6, 6.07) is 0.750. The van der Waals surface area contributed by atoms with Gasteiger partial charge in [0, 0.05) is 18.8 Å². The molecule has 1 fully saturated rings. The monoisotopic (exact) mass is 207 g/mol. The van der Waals surface area contributed by atoms with Gasteiger partial charge in [-0.2, -0.15) is 5.10 Å². The summed E-state index contributed by atoms with van der Waals surface area (Å²) in [6.45, 7) is 6.48. The van der Waals surface area contributed by atoms with Gasteiger partial charge in [-0.3, -0.25) is 4.68 Å². The lowest BCUT2D eigenvalue weighted by Crippen LogP contribution is -2.40. The van der Waals surface area contributed by atoms with Crippen molar-refractivity contribution in [1.82, 2.24) is 15.1 Å². The lowest BCUT2D eigenvalue weighted by atomic mass is 9.77. The van der Waals surface area contributed by atoms with Gasteiger partial charge in [0.15, 0.2) is 0 Å². The minimum Gasteiger partial charge on any atom is -0.314 e. The van der Waals surface area contributed by atoms with E-state index in [-0.39, 0.29) is 0 Å². The van der Waals surface area contributed by atoms with Gasteiger partial charge in [0.25, 0.3) is 0 Å². The van der Waals surface area contributed by atoms with E-state index in [4.69, 9.17) is 0 Å². The molecule has 1 aliphatic rings. The van der Waals surface area contributed by atoms with Crippen LogP contribution in [0.5, 0.6) is 0 Å². The average Bonchev–Trinajstić information content (AvgIpc) is 2.64. The zero-order chi connectivity index (χ0) is 10.7. The van der Waals surface area contributed by atoms with Crippen molar-refractivity contribution in [3.8, 4) is 0 Å². The van der Waals surface area contributed by atoms with Crippen molar-refractivity contribution in [3.05, 3.63) is 18.0 Å². The smallest absolute Gasteiger partial charge is 0.0524 e. The molecule has 84 valence electrons. The molecule has 0 amide bonds. The summed E-state index contributed by atoms with van der Waals surface area (Å²) < 4.78 is 2.02. The van der Waals surface area contributed by atoms with Gasteiger partial charge in [-0.1, -0.05) is 6.92 Å². The van der Waals surface area contributed by atoms with Crippen molar-refractivity contribution in [2.45, 2.75) is 51.6 Å². The Bertz CT molecular complexity index is 300. The zero-order valence-electron chi connectivity index (χ0n) is 9.74. The van der Waals surface area contributed by atoms with E-state index in [9.17, 15) is 0 Å². The van der Waals surface area contributed by atoms with E-state index in [2.05, 4.69) is 30.5 Å². The summed E-state index contributed by atoms with van der Waals surface area (Å²) in [5.41, 5.74) is 1.42. The summed E-state index contributed by atoms with van der Waals surface area (Å²) in [7, 11) is 0. The fourth-order valence-corrected chi connectivity index (χ4v) is 2.17. The van der Waals surface area contributed by atoms with Gasteiger partial charge in [0.2, 0.25) is 0 Å². The predicted molar refractivity (Wildman–Crippen MR) is 62.0 cm³/mol. The second-order valence-electron chi connectivity index (χ2n) is 4.45.